The molecule has 0 radical (unpaired) electrons. The first kappa shape index (κ1) is 30.7. The Hall–Kier alpha value is -3.50. The number of ether oxygens (including phenoxy) is 1. The highest BCUT2D eigenvalue weighted by Gasteiger charge is 2.35. The van der Waals surface area contributed by atoms with E-state index in [1.807, 2.05) is 13.0 Å². The lowest BCUT2D eigenvalue weighted by Crippen LogP contribution is -2.51. The van der Waals surface area contributed by atoms with Gasteiger partial charge in [-0.25, -0.2) is 4.79 Å². The van der Waals surface area contributed by atoms with Crippen molar-refractivity contribution in [1.29, 1.82) is 0 Å². The van der Waals surface area contributed by atoms with E-state index in [9.17, 15) is 14.4 Å². The second kappa shape index (κ2) is 13.9. The van der Waals surface area contributed by atoms with Gasteiger partial charge in [-0.3, -0.25) is 9.59 Å². The van der Waals surface area contributed by atoms with Gasteiger partial charge in [-0.15, -0.1) is 6.42 Å². The number of aryl methyl sites for hydroxylation is 1. The van der Waals surface area contributed by atoms with Crippen LogP contribution in [0.2, 0.25) is 5.02 Å². The summed E-state index contributed by atoms with van der Waals surface area (Å²) >= 11 is 6.39. The largest absolute Gasteiger partial charge is 0.444 e. The van der Waals surface area contributed by atoms with Crippen LogP contribution in [0.25, 0.3) is 0 Å². The van der Waals surface area contributed by atoms with Crippen molar-refractivity contribution < 1.29 is 19.1 Å². The van der Waals surface area contributed by atoms with Gasteiger partial charge < -0.3 is 20.3 Å². The average molecular weight is 540 g/mol. The fourth-order valence-electron chi connectivity index (χ4n) is 3.91. The fraction of sp³-hybridized carbons (Fsp3) is 0.433. The molecular formula is C30H38ClN3O4. The highest BCUT2D eigenvalue weighted by molar-refractivity contribution is 6.34. The minimum absolute atomic E-state index is 0.309. The van der Waals surface area contributed by atoms with E-state index < -0.39 is 35.6 Å². The lowest BCUT2D eigenvalue weighted by molar-refractivity contribution is -0.140. The van der Waals surface area contributed by atoms with Gasteiger partial charge in [0.25, 0.3) is 5.91 Å². The zero-order valence-electron chi connectivity index (χ0n) is 23.1. The molecule has 204 valence electrons. The van der Waals surface area contributed by atoms with E-state index in [-0.39, 0.29) is 0 Å². The highest BCUT2D eigenvalue weighted by Crippen LogP contribution is 2.30. The minimum atomic E-state index is -0.996. The predicted octanol–water partition coefficient (Wildman–Crippen LogP) is 6.24. The summed E-state index contributed by atoms with van der Waals surface area (Å²) in [6.07, 6.45) is 7.30. The van der Waals surface area contributed by atoms with Crippen molar-refractivity contribution >= 4 is 35.2 Å². The summed E-state index contributed by atoms with van der Waals surface area (Å²) in [5, 5.41) is 5.92. The molecule has 0 fully saturated rings. The maximum Gasteiger partial charge on any atom is 0.408 e. The van der Waals surface area contributed by atoms with E-state index >= 15 is 0 Å². The summed E-state index contributed by atoms with van der Waals surface area (Å²) in [6.45, 7) is 11.0. The molecule has 8 heteroatoms. The number of hydrogen-bond acceptors (Lipinski definition) is 4. The Morgan fingerprint density at radius 1 is 1.11 bits per heavy atom. The van der Waals surface area contributed by atoms with Crippen LogP contribution < -0.4 is 10.6 Å². The summed E-state index contributed by atoms with van der Waals surface area (Å²) in [6, 6.07) is 10.3. The third kappa shape index (κ3) is 8.81. The van der Waals surface area contributed by atoms with Gasteiger partial charge in [0.05, 0.1) is 10.7 Å². The van der Waals surface area contributed by atoms with Crippen molar-refractivity contribution in [3.05, 3.63) is 64.2 Å². The van der Waals surface area contributed by atoms with Crippen molar-refractivity contribution in [2.24, 2.45) is 0 Å². The number of para-hydroxylation sites is 1. The summed E-state index contributed by atoms with van der Waals surface area (Å²) in [7, 11) is 0. The standard InChI is InChI=1S/C30H38ClN3O4/c1-8-10-11-19-34(28(36)21(4)32-29(37)38-30(5,6)7)26(23-17-15-22(9-2)16-18-23)27(35)33-25-20(3)13-12-14-24(25)31/h2,12-18,21,26H,8,10-11,19H2,1,3-7H3,(H,32,37)(H,33,35). The molecule has 0 spiro atoms. The van der Waals surface area contributed by atoms with E-state index in [2.05, 4.69) is 23.5 Å². The lowest BCUT2D eigenvalue weighted by Gasteiger charge is -2.34. The summed E-state index contributed by atoms with van der Waals surface area (Å²) < 4.78 is 5.33. The number of halogens is 1. The Morgan fingerprint density at radius 2 is 1.76 bits per heavy atom. The summed E-state index contributed by atoms with van der Waals surface area (Å²) in [4.78, 5) is 41.6. The number of rotatable bonds is 10. The molecule has 2 aromatic rings. The molecule has 38 heavy (non-hydrogen) atoms. The first-order valence-corrected chi connectivity index (χ1v) is 13.2. The molecule has 0 bridgehead atoms. The first-order chi connectivity index (χ1) is 17.9. The van der Waals surface area contributed by atoms with Crippen molar-refractivity contribution in [2.45, 2.75) is 78.5 Å². The fourth-order valence-corrected chi connectivity index (χ4v) is 4.18. The van der Waals surface area contributed by atoms with Crippen LogP contribution in [0, 0.1) is 19.3 Å². The number of carbonyl (C=O) groups excluding carboxylic acids is 3. The highest BCUT2D eigenvalue weighted by atomic mass is 35.5. The molecule has 0 aliphatic heterocycles. The lowest BCUT2D eigenvalue weighted by atomic mass is 10.0. The molecule has 2 atom stereocenters. The Labute approximate surface area is 231 Å². The number of carbonyl (C=O) groups is 3. The summed E-state index contributed by atoms with van der Waals surface area (Å²) in [5.41, 5.74) is 1.78. The number of alkyl carbamates (subject to hydrolysis) is 1. The molecule has 2 rings (SSSR count). The Kier molecular flexibility index (Phi) is 11.2. The second-order valence-corrected chi connectivity index (χ2v) is 10.6. The molecular weight excluding hydrogens is 502 g/mol. The van der Waals surface area contributed by atoms with Crippen molar-refractivity contribution in [3.63, 3.8) is 0 Å². The zero-order valence-corrected chi connectivity index (χ0v) is 23.8. The Morgan fingerprint density at radius 3 is 2.32 bits per heavy atom. The number of unbranched alkanes of at least 4 members (excludes halogenated alkanes) is 2. The molecule has 0 aliphatic carbocycles. The first-order valence-electron chi connectivity index (χ1n) is 12.8. The predicted molar refractivity (Wildman–Crippen MR) is 152 cm³/mol. The van der Waals surface area contributed by atoms with Crippen LogP contribution in [-0.4, -0.2) is 41.0 Å². The molecule has 0 heterocycles. The third-order valence-electron chi connectivity index (χ3n) is 5.81. The van der Waals surface area contributed by atoms with Gasteiger partial charge in [0.1, 0.15) is 17.7 Å². The molecule has 7 nitrogen and oxygen atoms in total. The number of nitrogens with one attached hydrogen (secondary N) is 2. The monoisotopic (exact) mass is 539 g/mol. The molecule has 0 saturated carbocycles. The molecule has 0 saturated heterocycles. The van der Waals surface area contributed by atoms with E-state index in [0.29, 0.717) is 34.8 Å². The van der Waals surface area contributed by atoms with Crippen molar-refractivity contribution in [1.82, 2.24) is 10.2 Å². The minimum Gasteiger partial charge on any atom is -0.444 e. The van der Waals surface area contributed by atoms with Crippen LogP contribution in [0.1, 0.15) is 76.6 Å². The van der Waals surface area contributed by atoms with Gasteiger partial charge in [-0.1, -0.05) is 61.6 Å². The number of amides is 3. The van der Waals surface area contributed by atoms with Gasteiger partial charge in [0.15, 0.2) is 0 Å². The maximum absolute atomic E-state index is 13.9. The van der Waals surface area contributed by atoms with Crippen LogP contribution >= 0.6 is 11.6 Å². The number of anilines is 1. The van der Waals surface area contributed by atoms with Gasteiger partial charge in [-0.2, -0.15) is 0 Å². The molecule has 3 amide bonds. The Bertz CT molecular complexity index is 1150. The number of benzene rings is 2. The SMILES string of the molecule is C#Cc1ccc(C(C(=O)Nc2c(C)cccc2Cl)N(CCCCC)C(=O)C(C)NC(=O)OC(C)(C)C)cc1. The smallest absolute Gasteiger partial charge is 0.408 e. The van der Waals surface area contributed by atoms with E-state index in [4.69, 9.17) is 22.8 Å². The molecule has 0 aromatic heterocycles. The third-order valence-corrected chi connectivity index (χ3v) is 6.13. The van der Waals surface area contributed by atoms with Crippen molar-refractivity contribution in [2.75, 3.05) is 11.9 Å². The van der Waals surface area contributed by atoms with Crippen molar-refractivity contribution in [3.8, 4) is 12.3 Å². The second-order valence-electron chi connectivity index (χ2n) is 10.2. The van der Waals surface area contributed by atoms with E-state index in [1.54, 1.807) is 64.1 Å². The maximum atomic E-state index is 13.9. The Balaban J connectivity index is 2.49. The van der Waals surface area contributed by atoms with E-state index in [1.165, 1.54) is 4.90 Å². The van der Waals surface area contributed by atoms with Crippen LogP contribution in [0.5, 0.6) is 0 Å². The number of nitrogens with zero attached hydrogens (tertiary/aromatic N) is 1. The molecule has 2 N–H and O–H groups in total. The number of terminal acetylenes is 1. The van der Waals surface area contributed by atoms with Crippen LogP contribution in [0.15, 0.2) is 42.5 Å². The average Bonchev–Trinajstić information content (AvgIpc) is 2.84. The summed E-state index contributed by atoms with van der Waals surface area (Å²) in [5.74, 6) is 1.73. The van der Waals surface area contributed by atoms with Gasteiger partial charge in [0, 0.05) is 12.1 Å². The molecule has 0 aliphatic rings. The van der Waals surface area contributed by atoms with Crippen LogP contribution in [-0.2, 0) is 14.3 Å². The van der Waals surface area contributed by atoms with Crippen LogP contribution in [0.4, 0.5) is 10.5 Å². The van der Waals surface area contributed by atoms with Gasteiger partial charge in [0.2, 0.25) is 5.91 Å². The quantitative estimate of drug-likeness (QED) is 0.276. The zero-order chi connectivity index (χ0) is 28.5. The van der Waals surface area contributed by atoms with Gasteiger partial charge >= 0.3 is 6.09 Å². The van der Waals surface area contributed by atoms with Crippen LogP contribution in [0.3, 0.4) is 0 Å². The number of hydrogen-bond donors (Lipinski definition) is 2. The normalized spacial score (nSPS) is 12.6. The topological polar surface area (TPSA) is 87.7 Å². The molecule has 2 unspecified atom stereocenters. The molecule has 2 aromatic carbocycles. The van der Waals surface area contributed by atoms with E-state index in [0.717, 1.165) is 18.4 Å². The van der Waals surface area contributed by atoms with Gasteiger partial charge in [-0.05, 0) is 70.4 Å².